The fraction of sp³-hybridized carbons (Fsp3) is 0.346. The molecule has 4 rings (SSSR count). The maximum Gasteiger partial charge on any atom is 0.262 e. The number of aryl methyl sites for hydroxylation is 1. The molecule has 1 fully saturated rings. The van der Waals surface area contributed by atoms with E-state index >= 15 is 0 Å². The Labute approximate surface area is 221 Å². The van der Waals surface area contributed by atoms with Crippen molar-refractivity contribution in [3.63, 3.8) is 0 Å². The van der Waals surface area contributed by atoms with Gasteiger partial charge in [0.05, 0.1) is 10.4 Å². The van der Waals surface area contributed by atoms with E-state index in [2.05, 4.69) is 9.71 Å². The number of piperazine rings is 1. The predicted molar refractivity (Wildman–Crippen MR) is 140 cm³/mol. The van der Waals surface area contributed by atoms with Gasteiger partial charge >= 0.3 is 0 Å². The summed E-state index contributed by atoms with van der Waals surface area (Å²) < 4.78 is 34.2. The van der Waals surface area contributed by atoms with Gasteiger partial charge in [-0.15, -0.1) is 0 Å². The summed E-state index contributed by atoms with van der Waals surface area (Å²) in [6.07, 6.45) is 0. The molecule has 0 spiro atoms. The summed E-state index contributed by atoms with van der Waals surface area (Å²) in [7, 11) is -3.94. The van der Waals surface area contributed by atoms with Crippen LogP contribution in [0.2, 0.25) is 0 Å². The number of para-hydroxylation sites is 1. The van der Waals surface area contributed by atoms with Crippen molar-refractivity contribution >= 4 is 32.7 Å². The lowest BCUT2D eigenvalue weighted by atomic mass is 10.1. The molecule has 0 radical (unpaired) electrons. The SMILES string of the molecule is CC(=O)N1CCN([C@@H](CNS(=O)(=O)c2ccc(OCc3cc(C)nc4ccccc34)cc2)C(=O)NO)CC1. The quantitative estimate of drug-likeness (QED) is 0.273. The Hall–Kier alpha value is -3.58. The van der Waals surface area contributed by atoms with Gasteiger partial charge < -0.3 is 9.64 Å². The number of amides is 2. The number of nitrogens with one attached hydrogen (secondary N) is 2. The van der Waals surface area contributed by atoms with E-state index in [0.29, 0.717) is 38.5 Å². The lowest BCUT2D eigenvalue weighted by molar-refractivity contribution is -0.136. The van der Waals surface area contributed by atoms with Crippen LogP contribution < -0.4 is 14.9 Å². The normalized spacial score (nSPS) is 15.3. The molecule has 1 saturated heterocycles. The van der Waals surface area contributed by atoms with Crippen LogP contribution in [0, 0.1) is 6.92 Å². The number of fused-ring (bicyclic) bond motifs is 1. The number of ether oxygens (including phenoxy) is 1. The zero-order valence-corrected chi connectivity index (χ0v) is 22.1. The van der Waals surface area contributed by atoms with Crippen molar-refractivity contribution in [1.82, 2.24) is 25.0 Å². The van der Waals surface area contributed by atoms with Gasteiger partial charge in [-0.2, -0.15) is 0 Å². The number of hydrogen-bond donors (Lipinski definition) is 3. The Morgan fingerprint density at radius 1 is 1.08 bits per heavy atom. The Morgan fingerprint density at radius 2 is 1.76 bits per heavy atom. The van der Waals surface area contributed by atoms with Gasteiger partial charge in [-0.05, 0) is 43.3 Å². The predicted octanol–water partition coefficient (Wildman–Crippen LogP) is 1.44. The standard InChI is InChI=1S/C26H31N5O6S/c1-18-15-20(23-5-3-4-6-24(23)28-18)17-37-21-7-9-22(10-8-21)38(35,36)27-16-25(26(33)29-34)31-13-11-30(12-14-31)19(2)32/h3-10,15,25,27,34H,11-14,16-17H2,1-2H3,(H,29,33)/t25-/m0/s1. The van der Waals surface area contributed by atoms with Gasteiger partial charge in [0.15, 0.2) is 0 Å². The number of hydroxylamine groups is 1. The van der Waals surface area contributed by atoms with E-state index < -0.39 is 22.0 Å². The van der Waals surface area contributed by atoms with Crippen LogP contribution in [0.4, 0.5) is 0 Å². The molecule has 2 heterocycles. The highest BCUT2D eigenvalue weighted by atomic mass is 32.2. The van der Waals surface area contributed by atoms with Crippen LogP contribution in [0.5, 0.6) is 5.75 Å². The summed E-state index contributed by atoms with van der Waals surface area (Å²) >= 11 is 0. The Bertz CT molecular complexity index is 1410. The number of aromatic nitrogens is 1. The maximum absolute atomic E-state index is 12.9. The zero-order chi connectivity index (χ0) is 27.3. The van der Waals surface area contributed by atoms with Gasteiger partial charge in [0.25, 0.3) is 5.91 Å². The largest absolute Gasteiger partial charge is 0.489 e. The van der Waals surface area contributed by atoms with E-state index in [9.17, 15) is 23.2 Å². The smallest absolute Gasteiger partial charge is 0.262 e. The first-order chi connectivity index (χ1) is 18.2. The third-order valence-electron chi connectivity index (χ3n) is 6.54. The molecule has 1 aromatic heterocycles. The minimum atomic E-state index is -3.94. The van der Waals surface area contributed by atoms with Crippen LogP contribution in [0.3, 0.4) is 0 Å². The van der Waals surface area contributed by atoms with Crippen molar-refractivity contribution in [3.8, 4) is 5.75 Å². The molecule has 1 aliphatic rings. The highest BCUT2D eigenvalue weighted by Gasteiger charge is 2.31. The van der Waals surface area contributed by atoms with Crippen LogP contribution in [0.15, 0.2) is 59.5 Å². The summed E-state index contributed by atoms with van der Waals surface area (Å²) in [5.41, 5.74) is 4.34. The van der Waals surface area contributed by atoms with E-state index in [1.807, 2.05) is 37.3 Å². The Balaban J connectivity index is 1.39. The molecule has 0 saturated carbocycles. The number of carbonyl (C=O) groups is 2. The Morgan fingerprint density at radius 3 is 2.42 bits per heavy atom. The second-order valence-corrected chi connectivity index (χ2v) is 10.9. The average Bonchev–Trinajstić information content (AvgIpc) is 2.92. The van der Waals surface area contributed by atoms with Gasteiger partial charge in [-0.3, -0.25) is 24.7 Å². The molecule has 2 aromatic carbocycles. The van der Waals surface area contributed by atoms with Crippen molar-refractivity contribution in [1.29, 1.82) is 0 Å². The monoisotopic (exact) mass is 541 g/mol. The molecule has 12 heteroatoms. The summed E-state index contributed by atoms with van der Waals surface area (Å²) in [5.74, 6) is -0.292. The third kappa shape index (κ3) is 6.45. The van der Waals surface area contributed by atoms with Gasteiger partial charge in [0, 0.05) is 56.3 Å². The number of nitrogens with zero attached hydrogens (tertiary/aromatic N) is 3. The summed E-state index contributed by atoms with van der Waals surface area (Å²) in [4.78, 5) is 31.8. The minimum Gasteiger partial charge on any atom is -0.489 e. The third-order valence-corrected chi connectivity index (χ3v) is 7.98. The lowest BCUT2D eigenvalue weighted by Gasteiger charge is -2.37. The summed E-state index contributed by atoms with van der Waals surface area (Å²) in [5, 5.41) is 10.2. The van der Waals surface area contributed by atoms with Gasteiger partial charge in [0.1, 0.15) is 18.4 Å². The first-order valence-electron chi connectivity index (χ1n) is 12.2. The highest BCUT2D eigenvalue weighted by molar-refractivity contribution is 7.89. The van der Waals surface area contributed by atoms with Crippen molar-refractivity contribution in [2.45, 2.75) is 31.4 Å². The molecule has 0 aliphatic carbocycles. The Kier molecular flexibility index (Phi) is 8.57. The van der Waals surface area contributed by atoms with E-state index in [0.717, 1.165) is 22.2 Å². The van der Waals surface area contributed by atoms with E-state index in [-0.39, 0.29) is 17.3 Å². The van der Waals surface area contributed by atoms with Gasteiger partial charge in [-0.1, -0.05) is 18.2 Å². The van der Waals surface area contributed by atoms with Crippen LogP contribution in [0.1, 0.15) is 18.2 Å². The number of hydrogen-bond acceptors (Lipinski definition) is 8. The van der Waals surface area contributed by atoms with E-state index in [1.54, 1.807) is 27.4 Å². The maximum atomic E-state index is 12.9. The molecule has 11 nitrogen and oxygen atoms in total. The number of carbonyl (C=O) groups excluding carboxylic acids is 2. The summed E-state index contributed by atoms with van der Waals surface area (Å²) in [6, 6.07) is 14.8. The molecule has 2 amide bonds. The van der Waals surface area contributed by atoms with Crippen LogP contribution in [-0.2, 0) is 26.2 Å². The number of rotatable bonds is 9. The second-order valence-electron chi connectivity index (χ2n) is 9.09. The first-order valence-corrected chi connectivity index (χ1v) is 13.7. The average molecular weight is 542 g/mol. The van der Waals surface area contributed by atoms with Crippen LogP contribution in [0.25, 0.3) is 10.9 Å². The lowest BCUT2D eigenvalue weighted by Crippen LogP contribution is -2.58. The van der Waals surface area contributed by atoms with Crippen LogP contribution in [-0.4, -0.2) is 79.0 Å². The molecule has 0 bridgehead atoms. The molecule has 3 aromatic rings. The highest BCUT2D eigenvalue weighted by Crippen LogP contribution is 2.22. The molecular formula is C26H31N5O6S. The summed E-state index contributed by atoms with van der Waals surface area (Å²) in [6.45, 7) is 5.00. The van der Waals surface area contributed by atoms with Crippen LogP contribution >= 0.6 is 0 Å². The molecule has 38 heavy (non-hydrogen) atoms. The number of benzene rings is 2. The zero-order valence-electron chi connectivity index (χ0n) is 21.3. The molecule has 3 N–H and O–H groups in total. The fourth-order valence-electron chi connectivity index (χ4n) is 4.47. The first kappa shape index (κ1) is 27.5. The minimum absolute atomic E-state index is 0.0135. The number of sulfonamides is 1. The second kappa shape index (κ2) is 11.9. The van der Waals surface area contributed by atoms with E-state index in [4.69, 9.17) is 4.74 Å². The fourth-order valence-corrected chi connectivity index (χ4v) is 5.51. The molecule has 0 unspecified atom stereocenters. The van der Waals surface area contributed by atoms with E-state index in [1.165, 1.54) is 19.1 Å². The van der Waals surface area contributed by atoms with Gasteiger partial charge in [0.2, 0.25) is 15.9 Å². The van der Waals surface area contributed by atoms with Crippen molar-refractivity contribution in [2.24, 2.45) is 0 Å². The number of pyridine rings is 1. The molecule has 1 aliphatic heterocycles. The topological polar surface area (TPSA) is 141 Å². The molecule has 1 atom stereocenters. The van der Waals surface area contributed by atoms with Crippen molar-refractivity contribution in [2.75, 3.05) is 32.7 Å². The van der Waals surface area contributed by atoms with Gasteiger partial charge in [-0.25, -0.2) is 18.6 Å². The molecule has 202 valence electrons. The molecular weight excluding hydrogens is 510 g/mol. The van der Waals surface area contributed by atoms with Crippen molar-refractivity contribution in [3.05, 3.63) is 65.9 Å². The van der Waals surface area contributed by atoms with Crippen molar-refractivity contribution < 1.29 is 28.0 Å².